The van der Waals surface area contributed by atoms with Crippen LogP contribution in [0.15, 0.2) is 61.2 Å². The van der Waals surface area contributed by atoms with Crippen LogP contribution < -0.4 is 4.74 Å². The van der Waals surface area contributed by atoms with Crippen LogP contribution >= 0.6 is 0 Å². The molecule has 1 saturated heterocycles. The number of nitrogens with zero attached hydrogens (tertiary/aromatic N) is 4. The lowest BCUT2D eigenvalue weighted by Crippen LogP contribution is -2.39. The van der Waals surface area contributed by atoms with Crippen molar-refractivity contribution in [2.24, 2.45) is 5.92 Å². The summed E-state index contributed by atoms with van der Waals surface area (Å²) in [4.78, 5) is 26.9. The molecule has 154 valence electrons. The molecule has 0 unspecified atom stereocenters. The number of ether oxygens (including phenoxy) is 1. The van der Waals surface area contributed by atoms with Crippen LogP contribution in [0.2, 0.25) is 0 Å². The molecule has 2 aromatic heterocycles. The molecule has 1 aromatic carbocycles. The highest BCUT2D eigenvalue weighted by Gasteiger charge is 2.24. The molecule has 1 aliphatic rings. The highest BCUT2D eigenvalue weighted by atomic mass is 16.5. The molecule has 6 nitrogen and oxygen atoms in total. The third-order valence-corrected chi connectivity index (χ3v) is 5.49. The Morgan fingerprint density at radius 2 is 1.80 bits per heavy atom. The molecular weight excluding hydrogens is 376 g/mol. The summed E-state index contributed by atoms with van der Waals surface area (Å²) >= 11 is 0. The standard InChI is InChI=1S/C24H26N4O2/c1-18-14-27-23(16-26-18)24(29)28-11-8-20(9-12-28)13-19-4-6-21(7-5-19)17-30-22-3-2-10-25-15-22/h2-7,10,14-16,20H,8-9,11-13,17H2,1H3. The number of likely N-dealkylation sites (tertiary alicyclic amines) is 1. The maximum atomic E-state index is 12.6. The molecule has 6 heteroatoms. The fraction of sp³-hybridized carbons (Fsp3) is 0.333. The van der Waals surface area contributed by atoms with Crippen LogP contribution in [0.1, 0.15) is 40.2 Å². The molecule has 0 bridgehead atoms. The number of carbonyl (C=O) groups is 1. The summed E-state index contributed by atoms with van der Waals surface area (Å²) in [7, 11) is 0. The highest BCUT2D eigenvalue weighted by molar-refractivity contribution is 5.92. The summed E-state index contributed by atoms with van der Waals surface area (Å²) in [5, 5.41) is 0. The molecule has 3 aromatic rings. The Balaban J connectivity index is 1.24. The summed E-state index contributed by atoms with van der Waals surface area (Å²) in [5.74, 6) is 1.36. The first-order valence-electron chi connectivity index (χ1n) is 10.4. The van der Waals surface area contributed by atoms with Crippen molar-refractivity contribution < 1.29 is 9.53 Å². The first-order valence-corrected chi connectivity index (χ1v) is 10.4. The van der Waals surface area contributed by atoms with Crippen molar-refractivity contribution in [3.05, 3.63) is 83.7 Å². The van der Waals surface area contributed by atoms with Gasteiger partial charge in [0.2, 0.25) is 0 Å². The number of rotatable bonds is 6. The number of aromatic nitrogens is 3. The van der Waals surface area contributed by atoms with Gasteiger partial charge in [-0.05, 0) is 55.4 Å². The maximum absolute atomic E-state index is 12.6. The van der Waals surface area contributed by atoms with Gasteiger partial charge in [0.1, 0.15) is 18.1 Å². The zero-order valence-corrected chi connectivity index (χ0v) is 17.2. The third kappa shape index (κ3) is 5.20. The summed E-state index contributed by atoms with van der Waals surface area (Å²) in [6.45, 7) is 3.95. The monoisotopic (exact) mass is 402 g/mol. The number of benzene rings is 1. The zero-order chi connectivity index (χ0) is 20.8. The van der Waals surface area contributed by atoms with Gasteiger partial charge >= 0.3 is 0 Å². The van der Waals surface area contributed by atoms with Crippen LogP contribution in [0.5, 0.6) is 5.75 Å². The van der Waals surface area contributed by atoms with Gasteiger partial charge in [0, 0.05) is 25.5 Å². The van der Waals surface area contributed by atoms with Crippen molar-refractivity contribution in [2.75, 3.05) is 13.1 Å². The number of piperidine rings is 1. The number of aryl methyl sites for hydroxylation is 1. The first-order chi connectivity index (χ1) is 14.7. The molecule has 1 aliphatic heterocycles. The van der Waals surface area contributed by atoms with Gasteiger partial charge in [-0.1, -0.05) is 24.3 Å². The van der Waals surface area contributed by atoms with Crippen LogP contribution in [0.3, 0.4) is 0 Å². The van der Waals surface area contributed by atoms with Crippen molar-refractivity contribution in [3.63, 3.8) is 0 Å². The number of carbonyl (C=O) groups excluding carboxylic acids is 1. The van der Waals surface area contributed by atoms with Crippen LogP contribution in [0.25, 0.3) is 0 Å². The quantitative estimate of drug-likeness (QED) is 0.626. The predicted octanol–water partition coefficient (Wildman–Crippen LogP) is 3.85. The fourth-order valence-corrected chi connectivity index (χ4v) is 3.71. The fourth-order valence-electron chi connectivity index (χ4n) is 3.71. The second kappa shape index (κ2) is 9.48. The average molecular weight is 402 g/mol. The van der Waals surface area contributed by atoms with Gasteiger partial charge < -0.3 is 9.64 Å². The molecule has 0 saturated carbocycles. The molecule has 0 atom stereocenters. The number of hydrogen-bond acceptors (Lipinski definition) is 5. The minimum Gasteiger partial charge on any atom is -0.487 e. The predicted molar refractivity (Wildman–Crippen MR) is 114 cm³/mol. The van der Waals surface area contributed by atoms with Crippen molar-refractivity contribution >= 4 is 5.91 Å². The summed E-state index contributed by atoms with van der Waals surface area (Å²) in [6.07, 6.45) is 9.73. The molecular formula is C24H26N4O2. The maximum Gasteiger partial charge on any atom is 0.274 e. The Kier molecular flexibility index (Phi) is 6.32. The van der Waals surface area contributed by atoms with E-state index >= 15 is 0 Å². The van der Waals surface area contributed by atoms with Crippen LogP contribution in [0, 0.1) is 12.8 Å². The van der Waals surface area contributed by atoms with E-state index in [0.717, 1.165) is 49.4 Å². The molecule has 30 heavy (non-hydrogen) atoms. The van der Waals surface area contributed by atoms with Gasteiger partial charge in [0.05, 0.1) is 18.1 Å². The van der Waals surface area contributed by atoms with Crippen LogP contribution in [0.4, 0.5) is 0 Å². The Bertz CT molecular complexity index is 951. The Labute approximate surface area is 177 Å². The summed E-state index contributed by atoms with van der Waals surface area (Å²) in [5.41, 5.74) is 3.72. The van der Waals surface area contributed by atoms with E-state index in [1.54, 1.807) is 24.8 Å². The van der Waals surface area contributed by atoms with E-state index < -0.39 is 0 Å². The first kappa shape index (κ1) is 20.0. The van der Waals surface area contributed by atoms with Crippen molar-refractivity contribution in [1.82, 2.24) is 19.9 Å². The van der Waals surface area contributed by atoms with Gasteiger partial charge in [0.25, 0.3) is 5.91 Å². The molecule has 1 amide bonds. The number of hydrogen-bond donors (Lipinski definition) is 0. The Morgan fingerprint density at radius 3 is 2.47 bits per heavy atom. The van der Waals surface area contributed by atoms with Gasteiger partial charge in [-0.25, -0.2) is 4.98 Å². The van der Waals surface area contributed by atoms with E-state index in [0.29, 0.717) is 18.2 Å². The van der Waals surface area contributed by atoms with Crippen LogP contribution in [-0.4, -0.2) is 38.8 Å². The normalized spacial score (nSPS) is 14.5. The summed E-state index contributed by atoms with van der Waals surface area (Å²) in [6, 6.07) is 12.4. The molecule has 0 aliphatic carbocycles. The Hall–Kier alpha value is -3.28. The lowest BCUT2D eigenvalue weighted by atomic mass is 9.90. The SMILES string of the molecule is Cc1cnc(C(=O)N2CCC(Cc3ccc(COc4cccnc4)cc3)CC2)cn1. The van der Waals surface area contributed by atoms with Crippen molar-refractivity contribution in [3.8, 4) is 5.75 Å². The zero-order valence-electron chi connectivity index (χ0n) is 17.2. The average Bonchev–Trinajstić information content (AvgIpc) is 2.80. The topological polar surface area (TPSA) is 68.2 Å². The lowest BCUT2D eigenvalue weighted by Gasteiger charge is -2.31. The minimum absolute atomic E-state index is 0.0149. The molecule has 3 heterocycles. The van der Waals surface area contributed by atoms with E-state index in [4.69, 9.17) is 4.74 Å². The van der Waals surface area contributed by atoms with Gasteiger partial charge in [-0.3, -0.25) is 14.8 Å². The van der Waals surface area contributed by atoms with E-state index in [1.165, 1.54) is 5.56 Å². The number of amides is 1. The smallest absolute Gasteiger partial charge is 0.274 e. The highest BCUT2D eigenvalue weighted by Crippen LogP contribution is 2.23. The van der Waals surface area contributed by atoms with E-state index in [1.807, 2.05) is 24.0 Å². The second-order valence-corrected chi connectivity index (χ2v) is 7.78. The third-order valence-electron chi connectivity index (χ3n) is 5.49. The van der Waals surface area contributed by atoms with Gasteiger partial charge in [0.15, 0.2) is 0 Å². The second-order valence-electron chi connectivity index (χ2n) is 7.78. The molecule has 1 fully saturated rings. The summed E-state index contributed by atoms with van der Waals surface area (Å²) < 4.78 is 5.75. The molecule has 4 rings (SSSR count). The van der Waals surface area contributed by atoms with Crippen molar-refractivity contribution in [2.45, 2.75) is 32.8 Å². The minimum atomic E-state index is -0.0149. The van der Waals surface area contributed by atoms with Gasteiger partial charge in [-0.2, -0.15) is 0 Å². The number of pyridine rings is 1. The van der Waals surface area contributed by atoms with Crippen LogP contribution in [-0.2, 0) is 13.0 Å². The molecule has 0 radical (unpaired) electrons. The Morgan fingerprint density at radius 1 is 1.03 bits per heavy atom. The van der Waals surface area contributed by atoms with E-state index in [-0.39, 0.29) is 5.91 Å². The van der Waals surface area contributed by atoms with E-state index in [2.05, 4.69) is 39.2 Å². The lowest BCUT2D eigenvalue weighted by molar-refractivity contribution is 0.0684. The molecule has 0 N–H and O–H groups in total. The van der Waals surface area contributed by atoms with Crippen molar-refractivity contribution in [1.29, 1.82) is 0 Å². The largest absolute Gasteiger partial charge is 0.487 e. The molecule has 0 spiro atoms. The van der Waals surface area contributed by atoms with Gasteiger partial charge in [-0.15, -0.1) is 0 Å². The van der Waals surface area contributed by atoms with E-state index in [9.17, 15) is 4.79 Å².